The van der Waals surface area contributed by atoms with Gasteiger partial charge in [0.05, 0.1) is 17.3 Å². The predicted octanol–water partition coefficient (Wildman–Crippen LogP) is 4.81. The molecule has 2 rings (SSSR count). The van der Waals surface area contributed by atoms with Gasteiger partial charge in [-0.1, -0.05) is 23.8 Å². The third-order valence-corrected chi connectivity index (χ3v) is 5.66. The highest BCUT2D eigenvalue weighted by Gasteiger charge is 2.50. The molecule has 4 nitrogen and oxygen atoms in total. The summed E-state index contributed by atoms with van der Waals surface area (Å²) in [5, 5.41) is 9.51. The molecule has 0 unspecified atom stereocenters. The van der Waals surface area contributed by atoms with Crippen molar-refractivity contribution in [2.24, 2.45) is 0 Å². The summed E-state index contributed by atoms with van der Waals surface area (Å²) in [5.41, 5.74) is 2.43. The van der Waals surface area contributed by atoms with Gasteiger partial charge in [0.25, 0.3) is 0 Å². The Hall–Kier alpha value is -1.39. The quantitative estimate of drug-likeness (QED) is 0.744. The first-order valence-electron chi connectivity index (χ1n) is 9.20. The normalized spacial score (nSPS) is 35.1. The Bertz CT molecular complexity index is 597. The van der Waals surface area contributed by atoms with Crippen molar-refractivity contribution in [2.75, 3.05) is 7.11 Å². The topological polar surface area (TPSA) is 59.1 Å². The number of fused-ring (bicyclic) bond motifs is 1. The van der Waals surface area contributed by atoms with Gasteiger partial charge in [-0.3, -0.25) is 0 Å². The maximum Gasteiger partial charge on any atom is 0.331 e. The average molecular weight is 348 g/mol. The van der Waals surface area contributed by atoms with Crippen LogP contribution >= 0.6 is 0 Å². The van der Waals surface area contributed by atoms with Crippen molar-refractivity contribution in [1.29, 1.82) is 0 Å². The highest BCUT2D eigenvalue weighted by atomic mass is 16.6. The van der Waals surface area contributed by atoms with E-state index in [1.165, 1.54) is 5.57 Å². The Labute approximate surface area is 151 Å². The largest absolute Gasteiger partial charge is 0.478 e. The lowest BCUT2D eigenvalue weighted by Gasteiger charge is -2.27. The lowest BCUT2D eigenvalue weighted by atomic mass is 9.89. The number of epoxide rings is 1. The number of carboxylic acids is 1. The molecule has 1 heterocycles. The highest BCUT2D eigenvalue weighted by molar-refractivity contribution is 5.86. The van der Waals surface area contributed by atoms with Crippen LogP contribution in [0.2, 0.25) is 0 Å². The number of rotatable bonds is 3. The monoisotopic (exact) mass is 348 g/mol. The van der Waals surface area contributed by atoms with Crippen LogP contribution in [0.4, 0.5) is 0 Å². The van der Waals surface area contributed by atoms with Gasteiger partial charge in [0, 0.05) is 12.7 Å². The van der Waals surface area contributed by atoms with Crippen LogP contribution in [-0.2, 0) is 14.3 Å². The van der Waals surface area contributed by atoms with E-state index >= 15 is 0 Å². The lowest BCUT2D eigenvalue weighted by molar-refractivity contribution is -0.132. The van der Waals surface area contributed by atoms with Gasteiger partial charge in [-0.15, -0.1) is 0 Å². The van der Waals surface area contributed by atoms with E-state index in [0.717, 1.165) is 31.3 Å². The summed E-state index contributed by atoms with van der Waals surface area (Å²) in [5.74, 6) is -0.827. The number of carbonyl (C=O) groups is 1. The van der Waals surface area contributed by atoms with Gasteiger partial charge in [-0.05, 0) is 71.8 Å². The molecule has 1 aliphatic heterocycles. The van der Waals surface area contributed by atoms with Crippen molar-refractivity contribution < 1.29 is 19.4 Å². The summed E-state index contributed by atoms with van der Waals surface area (Å²) in [7, 11) is 1.70. The van der Waals surface area contributed by atoms with Crippen LogP contribution in [-0.4, -0.2) is 35.5 Å². The minimum Gasteiger partial charge on any atom is -0.478 e. The van der Waals surface area contributed by atoms with E-state index in [-0.39, 0.29) is 5.60 Å². The number of carboxylic acid groups (broad SMARTS) is 1. The molecule has 140 valence electrons. The van der Waals surface area contributed by atoms with Crippen molar-refractivity contribution >= 4 is 5.97 Å². The molecule has 0 aromatic rings. The average Bonchev–Trinajstić information content (AvgIpc) is 3.20. The summed E-state index contributed by atoms with van der Waals surface area (Å²) in [6.45, 7) is 8.33. The van der Waals surface area contributed by atoms with E-state index in [2.05, 4.69) is 26.0 Å². The van der Waals surface area contributed by atoms with Gasteiger partial charge in [-0.2, -0.15) is 0 Å². The van der Waals surface area contributed by atoms with Gasteiger partial charge in [0.2, 0.25) is 0 Å². The fourth-order valence-corrected chi connectivity index (χ4v) is 3.37. The first-order valence-corrected chi connectivity index (χ1v) is 9.20. The molecule has 0 aromatic heterocycles. The Morgan fingerprint density at radius 3 is 2.68 bits per heavy atom. The summed E-state index contributed by atoms with van der Waals surface area (Å²) < 4.78 is 11.5. The van der Waals surface area contributed by atoms with Crippen LogP contribution in [0.5, 0.6) is 0 Å². The predicted molar refractivity (Wildman–Crippen MR) is 99.6 cm³/mol. The molecule has 2 aliphatic rings. The Balaban J connectivity index is 2.27. The van der Waals surface area contributed by atoms with Crippen LogP contribution in [0.1, 0.15) is 66.2 Å². The lowest BCUT2D eigenvalue weighted by Crippen LogP contribution is -2.25. The standard InChI is InChI=1S/C21H32O4/c1-15-8-11-17(20(2,3)24-5)12-10-16(19(22)23)7-6-14-21(4)18(25-21)13-9-15/h7-8,11,18H,6,9-10,12-14H2,1-5H3,(H,22,23)/b15-8+,16-7+,17-11+/t18-,21-/m0/s1. The van der Waals surface area contributed by atoms with Crippen LogP contribution in [0.3, 0.4) is 0 Å². The van der Waals surface area contributed by atoms with E-state index in [1.807, 2.05) is 19.9 Å². The number of aliphatic carboxylic acids is 1. The second-order valence-corrected chi connectivity index (χ2v) is 7.95. The zero-order valence-corrected chi connectivity index (χ0v) is 16.2. The van der Waals surface area contributed by atoms with E-state index in [9.17, 15) is 9.90 Å². The second-order valence-electron chi connectivity index (χ2n) is 7.95. The zero-order chi connectivity index (χ0) is 18.7. The number of allylic oxidation sites excluding steroid dienone is 4. The molecule has 0 amide bonds. The van der Waals surface area contributed by atoms with Gasteiger partial charge >= 0.3 is 5.97 Å². The third kappa shape index (κ3) is 5.29. The van der Waals surface area contributed by atoms with Crippen molar-refractivity contribution in [3.8, 4) is 0 Å². The molecule has 1 fully saturated rings. The Morgan fingerprint density at radius 1 is 1.32 bits per heavy atom. The van der Waals surface area contributed by atoms with Gasteiger partial charge < -0.3 is 14.6 Å². The van der Waals surface area contributed by atoms with Crippen molar-refractivity contribution in [3.05, 3.63) is 34.9 Å². The number of methoxy groups -OCH3 is 1. The molecule has 0 bridgehead atoms. The molecule has 0 radical (unpaired) electrons. The molecule has 0 aromatic carbocycles. The molecule has 1 saturated heterocycles. The van der Waals surface area contributed by atoms with Crippen LogP contribution in [0.15, 0.2) is 34.9 Å². The van der Waals surface area contributed by atoms with E-state index in [4.69, 9.17) is 9.47 Å². The van der Waals surface area contributed by atoms with E-state index in [0.29, 0.717) is 24.5 Å². The fourth-order valence-electron chi connectivity index (χ4n) is 3.37. The van der Waals surface area contributed by atoms with E-state index in [1.54, 1.807) is 7.11 Å². The molecule has 0 saturated carbocycles. The molecular weight excluding hydrogens is 316 g/mol. The molecular formula is C21H32O4. The summed E-state index contributed by atoms with van der Waals surface area (Å²) in [4.78, 5) is 11.6. The number of hydrogen-bond acceptors (Lipinski definition) is 3. The third-order valence-electron chi connectivity index (χ3n) is 5.66. The second kappa shape index (κ2) is 7.88. The van der Waals surface area contributed by atoms with Crippen molar-refractivity contribution in [2.45, 2.75) is 83.5 Å². The summed E-state index contributed by atoms with van der Waals surface area (Å²) in [6.07, 6.45) is 11.3. The minimum absolute atomic E-state index is 0.0798. The summed E-state index contributed by atoms with van der Waals surface area (Å²) in [6, 6.07) is 0. The molecule has 25 heavy (non-hydrogen) atoms. The highest BCUT2D eigenvalue weighted by Crippen LogP contribution is 2.43. The van der Waals surface area contributed by atoms with Crippen LogP contribution < -0.4 is 0 Å². The zero-order valence-electron chi connectivity index (χ0n) is 16.2. The molecule has 2 atom stereocenters. The molecule has 1 aliphatic carbocycles. The first kappa shape index (κ1) is 19.9. The Kier molecular flexibility index (Phi) is 6.28. The van der Waals surface area contributed by atoms with Gasteiger partial charge in [0.15, 0.2) is 0 Å². The smallest absolute Gasteiger partial charge is 0.331 e. The molecule has 0 spiro atoms. The fraction of sp³-hybridized carbons (Fsp3) is 0.667. The number of hydrogen-bond donors (Lipinski definition) is 1. The number of ether oxygens (including phenoxy) is 2. The van der Waals surface area contributed by atoms with Crippen molar-refractivity contribution in [1.82, 2.24) is 0 Å². The van der Waals surface area contributed by atoms with Gasteiger partial charge in [-0.25, -0.2) is 4.79 Å². The maximum atomic E-state index is 11.6. The van der Waals surface area contributed by atoms with Gasteiger partial charge in [0.1, 0.15) is 0 Å². The van der Waals surface area contributed by atoms with Crippen molar-refractivity contribution in [3.63, 3.8) is 0 Å². The first-order chi connectivity index (χ1) is 11.7. The SMILES string of the molecule is COC(C)(C)/C1=C/C=C(\C)CC[C@@H]2O[C@@]2(C)CC/C=C(/C(=O)O)CC1. The minimum atomic E-state index is -0.827. The van der Waals surface area contributed by atoms with E-state index < -0.39 is 11.6 Å². The van der Waals surface area contributed by atoms with Crippen LogP contribution in [0, 0.1) is 0 Å². The maximum absolute atomic E-state index is 11.6. The summed E-state index contributed by atoms with van der Waals surface area (Å²) >= 11 is 0. The molecule has 1 N–H and O–H groups in total. The van der Waals surface area contributed by atoms with Crippen LogP contribution in [0.25, 0.3) is 0 Å². The Morgan fingerprint density at radius 2 is 2.04 bits per heavy atom. The molecule has 4 heteroatoms.